The third kappa shape index (κ3) is 8.24. The Labute approximate surface area is 332 Å². The summed E-state index contributed by atoms with van der Waals surface area (Å²) in [5.74, 6) is -1.34. The van der Waals surface area contributed by atoms with Gasteiger partial charge in [0.1, 0.15) is 10.9 Å². The molecule has 1 atom stereocenters. The summed E-state index contributed by atoms with van der Waals surface area (Å²) in [4.78, 5) is 69.1. The quantitative estimate of drug-likeness (QED) is 0.0832. The number of methoxy groups -OCH3 is 2. The Kier molecular flexibility index (Phi) is 11.4. The molecule has 1 aliphatic rings. The van der Waals surface area contributed by atoms with Crippen molar-refractivity contribution in [1.29, 1.82) is 0 Å². The van der Waals surface area contributed by atoms with Crippen LogP contribution in [0.5, 0.6) is 11.5 Å². The number of anilines is 2. The first-order valence-corrected chi connectivity index (χ1v) is 18.7. The van der Waals surface area contributed by atoms with E-state index in [1.54, 1.807) is 109 Å². The predicted molar refractivity (Wildman–Crippen MR) is 220 cm³/mol. The summed E-state index contributed by atoms with van der Waals surface area (Å²) in [5, 5.41) is 7.75. The number of rotatable bonds is 12. The van der Waals surface area contributed by atoms with E-state index in [1.165, 1.54) is 32.1 Å². The average molecular weight is 774 g/mol. The number of para-hydroxylation sites is 1. The third-order valence-electron chi connectivity index (χ3n) is 9.16. The van der Waals surface area contributed by atoms with Gasteiger partial charge in [0.2, 0.25) is 5.91 Å². The van der Waals surface area contributed by atoms with E-state index in [-0.39, 0.29) is 39.6 Å². The molecule has 11 heteroatoms. The summed E-state index contributed by atoms with van der Waals surface area (Å²) in [7, 11) is 2.99. The molecular formula is C46H35N3O7S. The highest BCUT2D eigenvalue weighted by molar-refractivity contribution is 8.00. The van der Waals surface area contributed by atoms with E-state index in [1.807, 2.05) is 36.4 Å². The number of benzene rings is 6. The molecule has 7 rings (SSSR count). The van der Waals surface area contributed by atoms with Gasteiger partial charge < -0.3 is 25.4 Å². The molecule has 6 aromatic carbocycles. The maximum Gasteiger partial charge on any atom is 0.272 e. The molecule has 0 fully saturated rings. The fraction of sp³-hybridized carbons (Fsp3) is 0.0652. The van der Waals surface area contributed by atoms with E-state index < -0.39 is 23.0 Å². The van der Waals surface area contributed by atoms with Crippen molar-refractivity contribution in [3.8, 4) is 11.5 Å². The summed E-state index contributed by atoms with van der Waals surface area (Å²) in [6.45, 7) is 0. The van der Waals surface area contributed by atoms with E-state index >= 15 is 0 Å². The highest BCUT2D eigenvalue weighted by Crippen LogP contribution is 2.39. The number of carbonyl (C=O) groups excluding carboxylic acids is 5. The van der Waals surface area contributed by atoms with Gasteiger partial charge in [-0.2, -0.15) is 0 Å². The Hall–Kier alpha value is -7.24. The second-order valence-corrected chi connectivity index (χ2v) is 14.0. The lowest BCUT2D eigenvalue weighted by Gasteiger charge is -2.22. The van der Waals surface area contributed by atoms with Gasteiger partial charge in [-0.15, -0.1) is 11.8 Å². The zero-order chi connectivity index (χ0) is 39.9. The maximum absolute atomic E-state index is 14.2. The number of thioether (sulfide) groups is 1. The molecule has 0 aromatic heterocycles. The molecular weight excluding hydrogens is 739 g/mol. The van der Waals surface area contributed by atoms with Gasteiger partial charge in [-0.05, 0) is 54.1 Å². The number of hydrogen-bond acceptors (Lipinski definition) is 8. The normalized spacial score (nSPS) is 12.4. The van der Waals surface area contributed by atoms with Crippen LogP contribution in [0, 0.1) is 0 Å². The first-order chi connectivity index (χ1) is 27.7. The topological polar surface area (TPSA) is 140 Å². The molecule has 0 radical (unpaired) electrons. The minimum atomic E-state index is -0.809. The van der Waals surface area contributed by atoms with E-state index in [2.05, 4.69) is 16.0 Å². The minimum absolute atomic E-state index is 0.0585. The number of ether oxygens (including phenoxy) is 2. The van der Waals surface area contributed by atoms with Crippen LogP contribution in [0.3, 0.4) is 0 Å². The first-order valence-electron chi connectivity index (χ1n) is 17.8. The van der Waals surface area contributed by atoms with Crippen molar-refractivity contribution in [3.63, 3.8) is 0 Å². The van der Waals surface area contributed by atoms with Crippen molar-refractivity contribution in [2.45, 2.75) is 10.1 Å². The zero-order valence-corrected chi connectivity index (χ0v) is 31.6. The molecule has 6 aromatic rings. The molecule has 1 aliphatic carbocycles. The highest BCUT2D eigenvalue weighted by Gasteiger charge is 2.33. The summed E-state index contributed by atoms with van der Waals surface area (Å²) >= 11 is 1.24. The monoisotopic (exact) mass is 773 g/mol. The van der Waals surface area contributed by atoms with E-state index in [4.69, 9.17) is 9.47 Å². The highest BCUT2D eigenvalue weighted by atomic mass is 32.2. The molecule has 1 unspecified atom stereocenters. The van der Waals surface area contributed by atoms with E-state index in [9.17, 15) is 24.0 Å². The van der Waals surface area contributed by atoms with Gasteiger partial charge in [-0.3, -0.25) is 24.0 Å². The van der Waals surface area contributed by atoms with Crippen LogP contribution >= 0.6 is 11.8 Å². The van der Waals surface area contributed by atoms with Crippen molar-refractivity contribution < 1.29 is 33.4 Å². The molecule has 0 aliphatic heterocycles. The number of fused-ring (bicyclic) bond motifs is 2. The van der Waals surface area contributed by atoms with Crippen LogP contribution in [0.4, 0.5) is 11.4 Å². The Morgan fingerprint density at radius 3 is 2.02 bits per heavy atom. The van der Waals surface area contributed by atoms with Gasteiger partial charge in [0.15, 0.2) is 23.1 Å². The van der Waals surface area contributed by atoms with Crippen LogP contribution in [0.2, 0.25) is 0 Å². The molecule has 0 saturated heterocycles. The Morgan fingerprint density at radius 2 is 1.30 bits per heavy atom. The van der Waals surface area contributed by atoms with Crippen LogP contribution in [-0.4, -0.2) is 43.5 Å². The molecule has 57 heavy (non-hydrogen) atoms. The second kappa shape index (κ2) is 17.1. The SMILES string of the molecule is COc1cccc(/C=C(/NC(=O)c2ccccc2)C(=O)Nc2cccc(SC(C(=O)Nc3cccc4c3C(=O)c3ccccc3C4=O)c3ccccc3)c2)c1OC. The number of hydrogen-bond donors (Lipinski definition) is 3. The third-order valence-corrected chi connectivity index (χ3v) is 10.4. The second-order valence-electron chi connectivity index (χ2n) is 12.8. The van der Waals surface area contributed by atoms with Crippen molar-refractivity contribution in [2.24, 2.45) is 0 Å². The summed E-state index contributed by atoms with van der Waals surface area (Å²) in [6.07, 6.45) is 1.51. The number of amides is 3. The Bertz CT molecular complexity index is 2560. The Balaban J connectivity index is 1.16. The van der Waals surface area contributed by atoms with Crippen LogP contribution in [0.1, 0.15) is 58.6 Å². The maximum atomic E-state index is 14.2. The predicted octanol–water partition coefficient (Wildman–Crippen LogP) is 8.36. The lowest BCUT2D eigenvalue weighted by atomic mass is 9.83. The van der Waals surface area contributed by atoms with E-state index in [0.717, 1.165) is 0 Å². The smallest absolute Gasteiger partial charge is 0.272 e. The molecule has 0 bridgehead atoms. The fourth-order valence-corrected chi connectivity index (χ4v) is 7.54. The molecule has 0 heterocycles. The van der Waals surface area contributed by atoms with Crippen molar-refractivity contribution in [2.75, 3.05) is 24.9 Å². The lowest BCUT2D eigenvalue weighted by molar-refractivity contribution is -0.116. The molecule has 0 saturated carbocycles. The van der Waals surface area contributed by atoms with Crippen molar-refractivity contribution >= 4 is 58.5 Å². The van der Waals surface area contributed by atoms with Gasteiger partial charge in [0.25, 0.3) is 11.8 Å². The van der Waals surface area contributed by atoms with Gasteiger partial charge in [0, 0.05) is 38.4 Å². The van der Waals surface area contributed by atoms with Crippen molar-refractivity contribution in [1.82, 2.24) is 5.32 Å². The number of ketones is 2. The summed E-state index contributed by atoms with van der Waals surface area (Å²) < 4.78 is 11.0. The van der Waals surface area contributed by atoms with Crippen LogP contribution in [0.25, 0.3) is 6.08 Å². The minimum Gasteiger partial charge on any atom is -0.493 e. The van der Waals surface area contributed by atoms with E-state index in [0.29, 0.717) is 44.3 Å². The van der Waals surface area contributed by atoms with Crippen molar-refractivity contribution in [3.05, 3.63) is 190 Å². The molecule has 3 N–H and O–H groups in total. The van der Waals surface area contributed by atoms with Crippen LogP contribution < -0.4 is 25.4 Å². The lowest BCUT2D eigenvalue weighted by Crippen LogP contribution is -2.30. The average Bonchev–Trinajstić information content (AvgIpc) is 3.25. The zero-order valence-electron chi connectivity index (χ0n) is 30.8. The van der Waals surface area contributed by atoms with Crippen LogP contribution in [-0.2, 0) is 9.59 Å². The molecule has 0 spiro atoms. The number of nitrogens with one attached hydrogen (secondary N) is 3. The summed E-state index contributed by atoms with van der Waals surface area (Å²) in [5.41, 5.74) is 3.08. The number of carbonyl (C=O) groups is 5. The standard InChI is InChI=1S/C46H35N3O7S/c1-55-38-25-11-18-30(42(38)56-2)26-37(49-44(52)29-16-7-4-8-17-29)45(53)47-31-19-12-20-32(27-31)57-43(28-14-5-3-6-15-28)46(54)48-36-24-13-23-35-39(36)41(51)34-22-10-9-21-33(34)40(35)50/h3-27,43H,1-2H3,(H,47,53)(H,48,54)(H,49,52)/b37-26+. The van der Waals surface area contributed by atoms with Gasteiger partial charge >= 0.3 is 0 Å². The Morgan fingerprint density at radius 1 is 0.649 bits per heavy atom. The van der Waals surface area contributed by atoms with Gasteiger partial charge in [-0.1, -0.05) is 103 Å². The molecule has 282 valence electrons. The summed E-state index contributed by atoms with van der Waals surface area (Å²) in [6, 6.07) is 41.3. The first kappa shape index (κ1) is 38.1. The van der Waals surface area contributed by atoms with Gasteiger partial charge in [-0.25, -0.2) is 0 Å². The van der Waals surface area contributed by atoms with Gasteiger partial charge in [0.05, 0.1) is 25.5 Å². The largest absolute Gasteiger partial charge is 0.493 e. The van der Waals surface area contributed by atoms with Crippen LogP contribution in [0.15, 0.2) is 156 Å². The fourth-order valence-electron chi connectivity index (χ4n) is 6.45. The molecule has 10 nitrogen and oxygen atoms in total. The molecule has 3 amide bonds.